The van der Waals surface area contributed by atoms with Crippen molar-refractivity contribution in [3.05, 3.63) is 36.0 Å². The largest absolute Gasteiger partial charge is 0.361 e. The number of fused-ring (bicyclic) bond motifs is 1. The van der Waals surface area contributed by atoms with Gasteiger partial charge in [-0.3, -0.25) is 0 Å². The summed E-state index contributed by atoms with van der Waals surface area (Å²) in [6, 6.07) is 8.71. The van der Waals surface area contributed by atoms with Gasteiger partial charge in [-0.25, -0.2) is 0 Å². The second-order valence-electron chi connectivity index (χ2n) is 6.30. The lowest BCUT2D eigenvalue weighted by Crippen LogP contribution is -2.29. The number of aromatic amines is 1. The van der Waals surface area contributed by atoms with Gasteiger partial charge in [0.15, 0.2) is 0 Å². The van der Waals surface area contributed by atoms with Crippen molar-refractivity contribution in [3.8, 4) is 0 Å². The number of hydrogen-bond donors (Lipinski definition) is 2. The first kappa shape index (κ1) is 13.2. The highest BCUT2D eigenvalue weighted by Gasteiger charge is 2.18. The van der Waals surface area contributed by atoms with Crippen molar-refractivity contribution in [1.29, 1.82) is 0 Å². The molecule has 0 bridgehead atoms. The third-order valence-electron chi connectivity index (χ3n) is 3.88. The van der Waals surface area contributed by atoms with Crippen molar-refractivity contribution in [2.24, 2.45) is 11.3 Å². The Bertz CT molecular complexity index is 505. The topological polar surface area (TPSA) is 27.8 Å². The predicted molar refractivity (Wildman–Crippen MR) is 78.6 cm³/mol. The molecule has 2 N–H and O–H groups in total. The highest BCUT2D eigenvalue weighted by molar-refractivity contribution is 5.79. The quantitative estimate of drug-likeness (QED) is 0.837. The van der Waals surface area contributed by atoms with Gasteiger partial charge in [-0.1, -0.05) is 33.8 Å². The minimum atomic E-state index is 0.373. The summed E-state index contributed by atoms with van der Waals surface area (Å²) >= 11 is 0. The summed E-state index contributed by atoms with van der Waals surface area (Å²) in [6.45, 7) is 11.2. The van der Waals surface area contributed by atoms with Crippen LogP contribution in [0, 0.1) is 11.3 Å². The molecule has 98 valence electrons. The zero-order chi connectivity index (χ0) is 13.2. The Hall–Kier alpha value is -1.28. The van der Waals surface area contributed by atoms with Gasteiger partial charge in [-0.15, -0.1) is 0 Å². The molecule has 1 unspecified atom stereocenters. The van der Waals surface area contributed by atoms with Crippen LogP contribution >= 0.6 is 0 Å². The van der Waals surface area contributed by atoms with Gasteiger partial charge in [0.1, 0.15) is 0 Å². The van der Waals surface area contributed by atoms with Crippen LogP contribution in [0.5, 0.6) is 0 Å². The number of rotatable bonds is 4. The fraction of sp³-hybridized carbons (Fsp3) is 0.500. The molecule has 1 aromatic carbocycles. The van der Waals surface area contributed by atoms with Gasteiger partial charge in [-0.05, 0) is 47.0 Å². The predicted octanol–water partition coefficient (Wildman–Crippen LogP) is 3.94. The Morgan fingerprint density at radius 2 is 2.00 bits per heavy atom. The van der Waals surface area contributed by atoms with Crippen molar-refractivity contribution < 1.29 is 0 Å². The van der Waals surface area contributed by atoms with Gasteiger partial charge in [0.2, 0.25) is 0 Å². The molecular formula is C16H24N2. The minimum Gasteiger partial charge on any atom is -0.361 e. The molecule has 0 spiro atoms. The Morgan fingerprint density at radius 1 is 1.22 bits per heavy atom. The second kappa shape index (κ2) is 5.15. The SMILES string of the molecule is CC(CNCc1ccc2[nH]ccc2c1)C(C)(C)C. The van der Waals surface area contributed by atoms with E-state index in [1.165, 1.54) is 16.5 Å². The average Bonchev–Trinajstić information content (AvgIpc) is 2.74. The van der Waals surface area contributed by atoms with E-state index in [1.54, 1.807) is 0 Å². The summed E-state index contributed by atoms with van der Waals surface area (Å²) < 4.78 is 0. The summed E-state index contributed by atoms with van der Waals surface area (Å²) in [5, 5.41) is 4.84. The lowest BCUT2D eigenvalue weighted by Gasteiger charge is -2.27. The molecule has 0 aliphatic carbocycles. The molecule has 0 aliphatic rings. The molecule has 0 fully saturated rings. The number of aromatic nitrogens is 1. The molecule has 1 aromatic heterocycles. The van der Waals surface area contributed by atoms with Crippen molar-refractivity contribution in [3.63, 3.8) is 0 Å². The molecule has 18 heavy (non-hydrogen) atoms. The summed E-state index contributed by atoms with van der Waals surface area (Å²) in [6.07, 6.45) is 1.99. The maximum absolute atomic E-state index is 3.55. The molecule has 2 rings (SSSR count). The van der Waals surface area contributed by atoms with Crippen LogP contribution in [0.4, 0.5) is 0 Å². The fourth-order valence-corrected chi connectivity index (χ4v) is 1.95. The van der Waals surface area contributed by atoms with Crippen molar-refractivity contribution in [2.45, 2.75) is 34.2 Å². The van der Waals surface area contributed by atoms with E-state index in [-0.39, 0.29) is 0 Å². The minimum absolute atomic E-state index is 0.373. The summed E-state index contributed by atoms with van der Waals surface area (Å²) in [7, 11) is 0. The van der Waals surface area contributed by atoms with E-state index >= 15 is 0 Å². The fourth-order valence-electron chi connectivity index (χ4n) is 1.95. The first-order chi connectivity index (χ1) is 8.47. The number of nitrogens with one attached hydrogen (secondary N) is 2. The van der Waals surface area contributed by atoms with Crippen LogP contribution in [0.15, 0.2) is 30.5 Å². The summed E-state index contributed by atoms with van der Waals surface area (Å²) in [4.78, 5) is 3.22. The van der Waals surface area contributed by atoms with Gasteiger partial charge in [-0.2, -0.15) is 0 Å². The smallest absolute Gasteiger partial charge is 0.0454 e. The molecule has 0 amide bonds. The molecular weight excluding hydrogens is 220 g/mol. The normalized spacial score (nSPS) is 14.0. The maximum Gasteiger partial charge on any atom is 0.0454 e. The zero-order valence-corrected chi connectivity index (χ0v) is 11.9. The van der Waals surface area contributed by atoms with Gasteiger partial charge >= 0.3 is 0 Å². The van der Waals surface area contributed by atoms with E-state index in [0.29, 0.717) is 11.3 Å². The first-order valence-corrected chi connectivity index (χ1v) is 6.73. The van der Waals surface area contributed by atoms with Crippen LogP contribution in [0.25, 0.3) is 10.9 Å². The molecule has 1 heterocycles. The average molecular weight is 244 g/mol. The third kappa shape index (κ3) is 3.14. The van der Waals surface area contributed by atoms with Gasteiger partial charge < -0.3 is 10.3 Å². The first-order valence-electron chi connectivity index (χ1n) is 6.73. The van der Waals surface area contributed by atoms with E-state index in [2.05, 4.69) is 62.3 Å². The van der Waals surface area contributed by atoms with Gasteiger partial charge in [0.25, 0.3) is 0 Å². The highest BCUT2D eigenvalue weighted by Crippen LogP contribution is 2.24. The van der Waals surface area contributed by atoms with Crippen LogP contribution in [0.2, 0.25) is 0 Å². The van der Waals surface area contributed by atoms with Crippen LogP contribution in [-0.2, 0) is 6.54 Å². The van der Waals surface area contributed by atoms with Gasteiger partial charge in [0, 0.05) is 18.3 Å². The van der Waals surface area contributed by atoms with Crippen LogP contribution in [-0.4, -0.2) is 11.5 Å². The molecule has 0 aliphatic heterocycles. The Labute approximate surface area is 110 Å². The van der Waals surface area contributed by atoms with Crippen molar-refractivity contribution in [1.82, 2.24) is 10.3 Å². The molecule has 0 radical (unpaired) electrons. The molecule has 2 aromatic rings. The molecule has 0 saturated carbocycles. The van der Waals surface area contributed by atoms with E-state index in [4.69, 9.17) is 0 Å². The summed E-state index contributed by atoms with van der Waals surface area (Å²) in [5.41, 5.74) is 2.93. The van der Waals surface area contributed by atoms with Crippen molar-refractivity contribution >= 4 is 10.9 Å². The Kier molecular flexibility index (Phi) is 3.76. The van der Waals surface area contributed by atoms with Crippen LogP contribution in [0.3, 0.4) is 0 Å². The Balaban J connectivity index is 1.90. The molecule has 2 heteroatoms. The summed E-state index contributed by atoms with van der Waals surface area (Å²) in [5.74, 6) is 0.675. The number of benzene rings is 1. The van der Waals surface area contributed by atoms with Crippen molar-refractivity contribution in [2.75, 3.05) is 6.54 Å². The maximum atomic E-state index is 3.55. The lowest BCUT2D eigenvalue weighted by atomic mass is 9.82. The molecule has 0 saturated heterocycles. The van der Waals surface area contributed by atoms with Crippen LogP contribution in [0.1, 0.15) is 33.3 Å². The van der Waals surface area contributed by atoms with E-state index in [0.717, 1.165) is 13.1 Å². The lowest BCUT2D eigenvalue weighted by molar-refractivity contribution is 0.252. The number of H-pyrrole nitrogens is 1. The Morgan fingerprint density at radius 3 is 2.72 bits per heavy atom. The number of hydrogen-bond acceptors (Lipinski definition) is 1. The zero-order valence-electron chi connectivity index (χ0n) is 11.9. The van der Waals surface area contributed by atoms with E-state index in [9.17, 15) is 0 Å². The highest BCUT2D eigenvalue weighted by atomic mass is 14.9. The standard InChI is InChI=1S/C16H24N2/c1-12(16(2,3)4)10-17-11-13-5-6-15-14(9-13)7-8-18-15/h5-9,12,17-18H,10-11H2,1-4H3. The second-order valence-corrected chi connectivity index (χ2v) is 6.30. The van der Waals surface area contributed by atoms with E-state index in [1.807, 2.05) is 6.20 Å². The molecule has 1 atom stereocenters. The monoisotopic (exact) mass is 244 g/mol. The van der Waals surface area contributed by atoms with Gasteiger partial charge in [0.05, 0.1) is 0 Å². The van der Waals surface area contributed by atoms with E-state index < -0.39 is 0 Å². The third-order valence-corrected chi connectivity index (χ3v) is 3.88. The van der Waals surface area contributed by atoms with Crippen LogP contribution < -0.4 is 5.32 Å². The molecule has 2 nitrogen and oxygen atoms in total.